The summed E-state index contributed by atoms with van der Waals surface area (Å²) in [4.78, 5) is 11.2. The molecule has 0 atom stereocenters. The van der Waals surface area contributed by atoms with Gasteiger partial charge in [-0.1, -0.05) is 37.8 Å². The van der Waals surface area contributed by atoms with Gasteiger partial charge in [0.2, 0.25) is 0 Å². The fourth-order valence-electron chi connectivity index (χ4n) is 2.68. The van der Waals surface area contributed by atoms with Crippen LogP contribution in [-0.2, 0) is 0 Å². The SMILES string of the molecule is NC(=O)c1cccc(C2CCCCCC2)c1O. The second-order valence-electron chi connectivity index (χ2n) is 4.80. The maximum Gasteiger partial charge on any atom is 0.252 e. The predicted molar refractivity (Wildman–Crippen MR) is 67.1 cm³/mol. The molecule has 0 aliphatic heterocycles. The first-order valence-corrected chi connectivity index (χ1v) is 6.32. The number of benzene rings is 1. The van der Waals surface area contributed by atoms with Gasteiger partial charge in [-0.2, -0.15) is 0 Å². The minimum absolute atomic E-state index is 0.0897. The molecule has 17 heavy (non-hydrogen) atoms. The molecule has 0 radical (unpaired) electrons. The third-order valence-corrected chi connectivity index (χ3v) is 3.63. The van der Waals surface area contributed by atoms with Crippen LogP contribution in [0.5, 0.6) is 5.75 Å². The highest BCUT2D eigenvalue weighted by Crippen LogP contribution is 2.37. The van der Waals surface area contributed by atoms with E-state index < -0.39 is 5.91 Å². The Morgan fingerprint density at radius 3 is 2.41 bits per heavy atom. The number of amides is 1. The highest BCUT2D eigenvalue weighted by molar-refractivity contribution is 5.95. The molecule has 92 valence electrons. The van der Waals surface area contributed by atoms with Crippen molar-refractivity contribution in [3.8, 4) is 5.75 Å². The van der Waals surface area contributed by atoms with Crippen molar-refractivity contribution in [3.63, 3.8) is 0 Å². The molecule has 3 nitrogen and oxygen atoms in total. The smallest absolute Gasteiger partial charge is 0.252 e. The predicted octanol–water partition coefficient (Wildman–Crippen LogP) is 2.93. The number of carbonyl (C=O) groups is 1. The topological polar surface area (TPSA) is 63.3 Å². The van der Waals surface area contributed by atoms with Gasteiger partial charge < -0.3 is 10.8 Å². The van der Waals surface area contributed by atoms with Crippen LogP contribution in [0.25, 0.3) is 0 Å². The molecule has 0 heterocycles. The first-order valence-electron chi connectivity index (χ1n) is 6.32. The van der Waals surface area contributed by atoms with Gasteiger partial charge in [-0.15, -0.1) is 0 Å². The molecule has 0 saturated heterocycles. The van der Waals surface area contributed by atoms with Crippen molar-refractivity contribution in [3.05, 3.63) is 29.3 Å². The van der Waals surface area contributed by atoms with Crippen LogP contribution in [0.15, 0.2) is 18.2 Å². The minimum atomic E-state index is -0.557. The van der Waals surface area contributed by atoms with E-state index in [9.17, 15) is 9.90 Å². The molecule has 1 aromatic carbocycles. The Morgan fingerprint density at radius 2 is 1.82 bits per heavy atom. The van der Waals surface area contributed by atoms with Gasteiger partial charge in [0.05, 0.1) is 5.56 Å². The fourth-order valence-corrected chi connectivity index (χ4v) is 2.68. The van der Waals surface area contributed by atoms with E-state index in [0.29, 0.717) is 5.92 Å². The molecule has 3 heteroatoms. The molecule has 1 aliphatic rings. The van der Waals surface area contributed by atoms with E-state index in [1.54, 1.807) is 12.1 Å². The third kappa shape index (κ3) is 2.60. The lowest BCUT2D eigenvalue weighted by Crippen LogP contribution is -2.12. The van der Waals surface area contributed by atoms with E-state index in [4.69, 9.17) is 5.73 Å². The Labute approximate surface area is 102 Å². The Morgan fingerprint density at radius 1 is 1.18 bits per heavy atom. The Hall–Kier alpha value is -1.51. The lowest BCUT2D eigenvalue weighted by molar-refractivity contribution is 0.0997. The number of phenols is 1. The van der Waals surface area contributed by atoms with Crippen molar-refractivity contribution in [2.45, 2.75) is 44.4 Å². The third-order valence-electron chi connectivity index (χ3n) is 3.63. The summed E-state index contributed by atoms with van der Waals surface area (Å²) < 4.78 is 0. The summed E-state index contributed by atoms with van der Waals surface area (Å²) in [5.41, 5.74) is 6.38. The van der Waals surface area contributed by atoms with E-state index in [1.165, 1.54) is 25.7 Å². The first kappa shape index (κ1) is 12.0. The lowest BCUT2D eigenvalue weighted by atomic mass is 9.89. The van der Waals surface area contributed by atoms with Crippen LogP contribution >= 0.6 is 0 Å². The monoisotopic (exact) mass is 233 g/mol. The van der Waals surface area contributed by atoms with Crippen molar-refractivity contribution in [1.29, 1.82) is 0 Å². The van der Waals surface area contributed by atoms with Crippen LogP contribution in [0.2, 0.25) is 0 Å². The van der Waals surface area contributed by atoms with E-state index in [1.807, 2.05) is 6.07 Å². The zero-order valence-corrected chi connectivity index (χ0v) is 9.98. The molecular formula is C14H19NO2. The average Bonchev–Trinajstić information content (AvgIpc) is 2.57. The van der Waals surface area contributed by atoms with Crippen LogP contribution in [0.4, 0.5) is 0 Å². The lowest BCUT2D eigenvalue weighted by Gasteiger charge is -2.17. The number of hydrogen-bond donors (Lipinski definition) is 2. The maximum absolute atomic E-state index is 11.2. The molecule has 0 bridgehead atoms. The zero-order chi connectivity index (χ0) is 12.3. The molecule has 3 N–H and O–H groups in total. The summed E-state index contributed by atoms with van der Waals surface area (Å²) in [6.07, 6.45) is 7.13. The summed E-state index contributed by atoms with van der Waals surface area (Å²) >= 11 is 0. The minimum Gasteiger partial charge on any atom is -0.507 e. The summed E-state index contributed by atoms with van der Waals surface area (Å²) in [5, 5.41) is 10.1. The van der Waals surface area contributed by atoms with Crippen LogP contribution < -0.4 is 5.73 Å². The second-order valence-corrected chi connectivity index (χ2v) is 4.80. The van der Waals surface area contributed by atoms with Gasteiger partial charge in [0.1, 0.15) is 5.75 Å². The van der Waals surface area contributed by atoms with Gasteiger partial charge in [-0.05, 0) is 30.4 Å². The van der Waals surface area contributed by atoms with Gasteiger partial charge in [0, 0.05) is 0 Å². The fraction of sp³-hybridized carbons (Fsp3) is 0.500. The number of primary amides is 1. The van der Waals surface area contributed by atoms with Crippen LogP contribution in [0.3, 0.4) is 0 Å². The molecule has 1 fully saturated rings. The molecule has 0 spiro atoms. The molecule has 0 aromatic heterocycles. The molecule has 1 saturated carbocycles. The van der Waals surface area contributed by atoms with Crippen molar-refractivity contribution >= 4 is 5.91 Å². The van der Waals surface area contributed by atoms with E-state index >= 15 is 0 Å². The highest BCUT2D eigenvalue weighted by Gasteiger charge is 2.20. The zero-order valence-electron chi connectivity index (χ0n) is 9.98. The van der Waals surface area contributed by atoms with Crippen LogP contribution in [-0.4, -0.2) is 11.0 Å². The van der Waals surface area contributed by atoms with Gasteiger partial charge in [0.15, 0.2) is 0 Å². The van der Waals surface area contributed by atoms with Crippen molar-refractivity contribution in [1.82, 2.24) is 0 Å². The first-order chi connectivity index (χ1) is 8.20. The molecule has 2 rings (SSSR count). The number of rotatable bonds is 2. The van der Waals surface area contributed by atoms with Crippen LogP contribution in [0, 0.1) is 0 Å². The average molecular weight is 233 g/mol. The molecule has 1 aliphatic carbocycles. The normalized spacial score (nSPS) is 17.6. The maximum atomic E-state index is 11.2. The summed E-state index contributed by atoms with van der Waals surface area (Å²) in [5.74, 6) is -0.0957. The number of aromatic hydroxyl groups is 1. The Kier molecular flexibility index (Phi) is 3.67. The van der Waals surface area contributed by atoms with E-state index in [-0.39, 0.29) is 11.3 Å². The molecule has 1 aromatic rings. The Bertz CT molecular complexity index is 407. The second kappa shape index (κ2) is 5.21. The Balaban J connectivity index is 2.30. The van der Waals surface area contributed by atoms with E-state index in [0.717, 1.165) is 18.4 Å². The van der Waals surface area contributed by atoms with E-state index in [2.05, 4.69) is 0 Å². The highest BCUT2D eigenvalue weighted by atomic mass is 16.3. The van der Waals surface area contributed by atoms with Crippen LogP contribution in [0.1, 0.15) is 60.4 Å². The van der Waals surface area contributed by atoms with Gasteiger partial charge in [0.25, 0.3) is 5.91 Å². The molecule has 0 unspecified atom stereocenters. The van der Waals surface area contributed by atoms with Gasteiger partial charge in [-0.25, -0.2) is 0 Å². The number of nitrogens with two attached hydrogens (primary N) is 1. The number of hydrogen-bond acceptors (Lipinski definition) is 2. The largest absolute Gasteiger partial charge is 0.507 e. The summed E-state index contributed by atoms with van der Waals surface area (Å²) in [7, 11) is 0. The van der Waals surface area contributed by atoms with Crippen molar-refractivity contribution in [2.24, 2.45) is 5.73 Å². The number of para-hydroxylation sites is 1. The number of carbonyl (C=O) groups excluding carboxylic acids is 1. The molecular weight excluding hydrogens is 214 g/mol. The standard InChI is InChI=1S/C14H19NO2/c15-14(17)12-9-5-8-11(13(12)16)10-6-3-1-2-4-7-10/h5,8-10,16H,1-4,6-7H2,(H2,15,17). The summed E-state index contributed by atoms with van der Waals surface area (Å²) in [6, 6.07) is 5.30. The molecule has 1 amide bonds. The van der Waals surface area contributed by atoms with Gasteiger partial charge >= 0.3 is 0 Å². The van der Waals surface area contributed by atoms with Crippen molar-refractivity contribution in [2.75, 3.05) is 0 Å². The van der Waals surface area contributed by atoms with Gasteiger partial charge in [-0.3, -0.25) is 4.79 Å². The summed E-state index contributed by atoms with van der Waals surface area (Å²) in [6.45, 7) is 0. The quantitative estimate of drug-likeness (QED) is 0.771. The van der Waals surface area contributed by atoms with Crippen molar-refractivity contribution < 1.29 is 9.90 Å².